The lowest BCUT2D eigenvalue weighted by Gasteiger charge is -2.13. The molecule has 4 nitrogen and oxygen atoms in total. The van der Waals surface area contributed by atoms with E-state index in [0.717, 1.165) is 11.6 Å². The molecule has 0 radical (unpaired) electrons. The maximum atomic E-state index is 13.0. The molecule has 25 heavy (non-hydrogen) atoms. The summed E-state index contributed by atoms with van der Waals surface area (Å²) in [4.78, 5) is 16.5. The van der Waals surface area contributed by atoms with Crippen LogP contribution in [-0.4, -0.2) is 9.38 Å². The third kappa shape index (κ3) is 3.65. The molecule has 7 heteroatoms. The van der Waals surface area contributed by atoms with Crippen LogP contribution in [0.5, 0.6) is 0 Å². The van der Waals surface area contributed by atoms with Gasteiger partial charge in [0.15, 0.2) is 0 Å². The zero-order valence-corrected chi connectivity index (χ0v) is 13.7. The average molecular weight is 347 g/mol. The monoisotopic (exact) mass is 347 g/mol. The Bertz CT molecular complexity index is 993. The minimum absolute atomic E-state index is 0.153. The zero-order chi connectivity index (χ0) is 18.2. The van der Waals surface area contributed by atoms with Gasteiger partial charge in [-0.3, -0.25) is 9.20 Å². The summed E-state index contributed by atoms with van der Waals surface area (Å²) in [5.74, 6) is 0. The van der Waals surface area contributed by atoms with Crippen molar-refractivity contribution >= 4 is 11.3 Å². The van der Waals surface area contributed by atoms with Crippen molar-refractivity contribution in [3.63, 3.8) is 0 Å². The van der Waals surface area contributed by atoms with Crippen molar-refractivity contribution in [3.8, 4) is 0 Å². The number of rotatable bonds is 3. The molecule has 0 aliphatic rings. The SMILES string of the molecule is Cc1ccc2nc(CNc3ccc(C)c(C(F)(F)F)c3)cc(=O)n2c1. The summed E-state index contributed by atoms with van der Waals surface area (Å²) < 4.78 is 40.3. The van der Waals surface area contributed by atoms with E-state index < -0.39 is 11.7 Å². The van der Waals surface area contributed by atoms with Gasteiger partial charge in [-0.1, -0.05) is 12.1 Å². The highest BCUT2D eigenvalue weighted by atomic mass is 19.4. The standard InChI is InChI=1S/C18H16F3N3O/c1-11-3-6-16-23-14(8-17(25)24(16)10-11)9-22-13-5-4-12(2)15(7-13)18(19,20)21/h3-8,10,22H,9H2,1-2H3. The molecule has 2 aromatic heterocycles. The number of anilines is 1. The number of alkyl halides is 3. The molecule has 1 N–H and O–H groups in total. The predicted molar refractivity (Wildman–Crippen MR) is 89.7 cm³/mol. The Morgan fingerprint density at radius 3 is 2.60 bits per heavy atom. The van der Waals surface area contributed by atoms with Crippen molar-refractivity contribution in [3.05, 3.63) is 75.3 Å². The van der Waals surface area contributed by atoms with Gasteiger partial charge in [0.25, 0.3) is 5.56 Å². The largest absolute Gasteiger partial charge is 0.416 e. The molecule has 0 spiro atoms. The van der Waals surface area contributed by atoms with E-state index >= 15 is 0 Å². The van der Waals surface area contributed by atoms with E-state index in [0.29, 0.717) is 17.0 Å². The molecule has 1 aromatic carbocycles. The van der Waals surface area contributed by atoms with Crippen molar-refractivity contribution in [1.29, 1.82) is 0 Å². The Morgan fingerprint density at radius 2 is 1.88 bits per heavy atom. The van der Waals surface area contributed by atoms with Crippen LogP contribution in [0.25, 0.3) is 5.65 Å². The van der Waals surface area contributed by atoms with Gasteiger partial charge in [0, 0.05) is 18.0 Å². The Labute approximate surface area is 142 Å². The number of hydrogen-bond donors (Lipinski definition) is 1. The van der Waals surface area contributed by atoms with Gasteiger partial charge in [0.2, 0.25) is 0 Å². The number of fused-ring (bicyclic) bond motifs is 1. The predicted octanol–water partition coefficient (Wildman–Crippen LogP) is 3.94. The molecular weight excluding hydrogens is 331 g/mol. The molecule has 3 rings (SSSR count). The first-order valence-corrected chi connectivity index (χ1v) is 7.65. The molecule has 0 aliphatic carbocycles. The van der Waals surface area contributed by atoms with Gasteiger partial charge in [-0.25, -0.2) is 4.98 Å². The van der Waals surface area contributed by atoms with Crippen LogP contribution >= 0.6 is 0 Å². The van der Waals surface area contributed by atoms with Crippen molar-refractivity contribution in [2.75, 3.05) is 5.32 Å². The van der Waals surface area contributed by atoms with Crippen molar-refractivity contribution in [1.82, 2.24) is 9.38 Å². The first kappa shape index (κ1) is 17.0. The number of halogens is 3. The van der Waals surface area contributed by atoms with E-state index in [9.17, 15) is 18.0 Å². The summed E-state index contributed by atoms with van der Waals surface area (Å²) in [5.41, 5.74) is 1.46. The van der Waals surface area contributed by atoms with E-state index in [1.165, 1.54) is 23.5 Å². The maximum absolute atomic E-state index is 13.0. The maximum Gasteiger partial charge on any atom is 0.416 e. The first-order valence-electron chi connectivity index (χ1n) is 7.65. The molecule has 0 amide bonds. The first-order chi connectivity index (χ1) is 11.7. The van der Waals surface area contributed by atoms with E-state index in [-0.39, 0.29) is 17.7 Å². The second-order valence-electron chi connectivity index (χ2n) is 5.90. The molecule has 0 saturated heterocycles. The lowest BCUT2D eigenvalue weighted by molar-refractivity contribution is -0.138. The van der Waals surface area contributed by atoms with Crippen LogP contribution in [0, 0.1) is 13.8 Å². The molecular formula is C18H16F3N3O. The second-order valence-corrected chi connectivity index (χ2v) is 5.90. The quantitative estimate of drug-likeness (QED) is 0.781. The van der Waals surface area contributed by atoms with Gasteiger partial charge < -0.3 is 5.32 Å². The van der Waals surface area contributed by atoms with Gasteiger partial charge in [-0.05, 0) is 43.2 Å². The topological polar surface area (TPSA) is 46.4 Å². The van der Waals surface area contributed by atoms with E-state index in [1.807, 2.05) is 13.0 Å². The Morgan fingerprint density at radius 1 is 1.12 bits per heavy atom. The van der Waals surface area contributed by atoms with Crippen LogP contribution in [0.4, 0.5) is 18.9 Å². The third-order valence-electron chi connectivity index (χ3n) is 3.88. The van der Waals surface area contributed by atoms with Crippen LogP contribution in [0.3, 0.4) is 0 Å². The molecule has 0 aliphatic heterocycles. The van der Waals surface area contributed by atoms with Crippen molar-refractivity contribution < 1.29 is 13.2 Å². The number of aryl methyl sites for hydroxylation is 2. The van der Waals surface area contributed by atoms with Gasteiger partial charge in [-0.15, -0.1) is 0 Å². The number of pyridine rings is 1. The van der Waals surface area contributed by atoms with Crippen LogP contribution in [-0.2, 0) is 12.7 Å². The van der Waals surface area contributed by atoms with Crippen LogP contribution in [0.15, 0.2) is 47.4 Å². The molecule has 130 valence electrons. The summed E-state index contributed by atoms with van der Waals surface area (Å²) >= 11 is 0. The minimum atomic E-state index is -4.40. The third-order valence-corrected chi connectivity index (χ3v) is 3.88. The van der Waals surface area contributed by atoms with Crippen LogP contribution < -0.4 is 10.9 Å². The summed E-state index contributed by atoms with van der Waals surface area (Å²) in [7, 11) is 0. The number of nitrogens with zero attached hydrogens (tertiary/aromatic N) is 2. The fourth-order valence-electron chi connectivity index (χ4n) is 2.58. The smallest absolute Gasteiger partial charge is 0.379 e. The minimum Gasteiger partial charge on any atom is -0.379 e. The zero-order valence-electron chi connectivity index (χ0n) is 13.7. The summed E-state index contributed by atoms with van der Waals surface area (Å²) in [6.45, 7) is 3.44. The average Bonchev–Trinajstić information content (AvgIpc) is 2.54. The summed E-state index contributed by atoms with van der Waals surface area (Å²) in [6.07, 6.45) is -2.71. The molecule has 0 unspecified atom stereocenters. The lowest BCUT2D eigenvalue weighted by Crippen LogP contribution is -2.17. The van der Waals surface area contributed by atoms with Crippen molar-refractivity contribution in [2.45, 2.75) is 26.6 Å². The molecule has 0 bridgehead atoms. The molecule has 2 heterocycles. The fourth-order valence-corrected chi connectivity index (χ4v) is 2.58. The van der Waals surface area contributed by atoms with Gasteiger partial charge in [0.05, 0.1) is 17.8 Å². The highest BCUT2D eigenvalue weighted by molar-refractivity contribution is 5.50. The molecule has 3 aromatic rings. The number of aromatic nitrogens is 2. The summed E-state index contributed by atoms with van der Waals surface area (Å²) in [5, 5.41) is 2.89. The number of hydrogen-bond acceptors (Lipinski definition) is 3. The van der Waals surface area contributed by atoms with Crippen LogP contribution in [0.1, 0.15) is 22.4 Å². The van der Waals surface area contributed by atoms with Gasteiger partial charge >= 0.3 is 6.18 Å². The normalized spacial score (nSPS) is 11.7. The highest BCUT2D eigenvalue weighted by Crippen LogP contribution is 2.33. The molecule has 0 fully saturated rings. The number of benzene rings is 1. The van der Waals surface area contributed by atoms with E-state index in [4.69, 9.17) is 0 Å². The molecule has 0 atom stereocenters. The van der Waals surface area contributed by atoms with E-state index in [2.05, 4.69) is 10.3 Å². The van der Waals surface area contributed by atoms with Crippen LogP contribution in [0.2, 0.25) is 0 Å². The van der Waals surface area contributed by atoms with Gasteiger partial charge in [0.1, 0.15) is 5.65 Å². The second kappa shape index (κ2) is 6.23. The fraction of sp³-hybridized carbons (Fsp3) is 0.222. The van der Waals surface area contributed by atoms with Gasteiger partial charge in [-0.2, -0.15) is 13.2 Å². The Kier molecular flexibility index (Phi) is 4.24. The highest BCUT2D eigenvalue weighted by Gasteiger charge is 2.32. The summed E-state index contributed by atoms with van der Waals surface area (Å²) in [6, 6.07) is 8.99. The lowest BCUT2D eigenvalue weighted by atomic mass is 10.1. The number of nitrogens with one attached hydrogen (secondary N) is 1. The van der Waals surface area contributed by atoms with E-state index in [1.54, 1.807) is 18.3 Å². The Hall–Kier alpha value is -2.83. The Balaban J connectivity index is 1.86. The van der Waals surface area contributed by atoms with Crippen molar-refractivity contribution in [2.24, 2.45) is 0 Å². The molecule has 0 saturated carbocycles.